The van der Waals surface area contributed by atoms with Crippen LogP contribution >= 0.6 is 0 Å². The van der Waals surface area contributed by atoms with Gasteiger partial charge in [0.15, 0.2) is 5.60 Å². The van der Waals surface area contributed by atoms with Gasteiger partial charge in [0.1, 0.15) is 5.82 Å². The van der Waals surface area contributed by atoms with Gasteiger partial charge in [-0.3, -0.25) is 9.69 Å². The van der Waals surface area contributed by atoms with Gasteiger partial charge in [-0.2, -0.15) is 18.4 Å². The minimum absolute atomic E-state index is 0.0281. The van der Waals surface area contributed by atoms with E-state index in [0.29, 0.717) is 25.7 Å². The highest BCUT2D eigenvalue weighted by atomic mass is 19.4. The predicted octanol–water partition coefficient (Wildman–Crippen LogP) is 3.62. The van der Waals surface area contributed by atoms with E-state index in [9.17, 15) is 27.5 Å². The number of nitriles is 1. The lowest BCUT2D eigenvalue weighted by atomic mass is 10.0. The van der Waals surface area contributed by atoms with Crippen molar-refractivity contribution in [3.05, 3.63) is 59.4 Å². The molecule has 1 unspecified atom stereocenters. The molecule has 0 radical (unpaired) electrons. The number of carbonyl (C=O) groups excluding carboxylic acids is 1. The van der Waals surface area contributed by atoms with Crippen molar-refractivity contribution in [3.63, 3.8) is 0 Å². The quantitative estimate of drug-likeness (QED) is 0.661. The maximum absolute atomic E-state index is 13.2. The molecule has 2 aromatic rings. The topological polar surface area (TPSA) is 79.6 Å². The minimum Gasteiger partial charge on any atom is -0.379 e. The molecule has 0 saturated carbocycles. The molecule has 10 heteroatoms. The van der Waals surface area contributed by atoms with Gasteiger partial charge < -0.3 is 15.3 Å². The largest absolute Gasteiger partial charge is 0.417 e. The van der Waals surface area contributed by atoms with Crippen molar-refractivity contribution in [3.8, 4) is 6.07 Å². The Morgan fingerprint density at radius 1 is 1.21 bits per heavy atom. The number of piperazine rings is 1. The molecule has 1 saturated heterocycles. The zero-order valence-corrected chi connectivity index (χ0v) is 18.2. The second-order valence-electron chi connectivity index (χ2n) is 8.34. The molecular weight excluding hydrogens is 440 g/mol. The number of aliphatic hydroxyl groups is 1. The smallest absolute Gasteiger partial charge is 0.379 e. The number of β-amino-alcohol motifs (C(OH)–C–C–N with tert-alkyl or cyclic N) is 1. The number of amides is 1. The molecular formula is C23H24F4N4O2. The minimum atomic E-state index is -4.76. The summed E-state index contributed by atoms with van der Waals surface area (Å²) in [5.74, 6) is -1.18. The summed E-state index contributed by atoms with van der Waals surface area (Å²) in [6.45, 7) is 4.92. The molecule has 0 spiro atoms. The maximum atomic E-state index is 13.2. The first-order valence-electron chi connectivity index (χ1n) is 10.3. The van der Waals surface area contributed by atoms with Gasteiger partial charge in [-0.25, -0.2) is 4.39 Å². The molecule has 0 aromatic heterocycles. The molecule has 1 heterocycles. The summed E-state index contributed by atoms with van der Waals surface area (Å²) >= 11 is 0. The van der Waals surface area contributed by atoms with E-state index in [1.54, 1.807) is 12.1 Å². The Morgan fingerprint density at radius 3 is 2.45 bits per heavy atom. The molecule has 6 nitrogen and oxygen atoms in total. The number of halogens is 4. The Balaban J connectivity index is 1.65. The van der Waals surface area contributed by atoms with Gasteiger partial charge in [0.05, 0.1) is 17.2 Å². The zero-order chi connectivity index (χ0) is 24.4. The lowest BCUT2D eigenvalue weighted by molar-refractivity contribution is -0.138. The van der Waals surface area contributed by atoms with Gasteiger partial charge in [-0.1, -0.05) is 0 Å². The predicted molar refractivity (Wildman–Crippen MR) is 115 cm³/mol. The van der Waals surface area contributed by atoms with Crippen LogP contribution < -0.4 is 10.2 Å². The fraction of sp³-hybridized carbons (Fsp3) is 0.391. The second-order valence-corrected chi connectivity index (χ2v) is 8.34. The Morgan fingerprint density at radius 2 is 1.88 bits per heavy atom. The summed E-state index contributed by atoms with van der Waals surface area (Å²) in [5, 5.41) is 22.0. The van der Waals surface area contributed by atoms with Crippen molar-refractivity contribution < 1.29 is 27.5 Å². The Bertz CT molecular complexity index is 1050. The lowest BCUT2D eigenvalue weighted by Crippen LogP contribution is -2.58. The molecule has 0 aliphatic carbocycles. The van der Waals surface area contributed by atoms with Crippen LogP contribution in [0.4, 0.5) is 28.9 Å². The highest BCUT2D eigenvalue weighted by Crippen LogP contribution is 2.33. The normalized spacial score (nSPS) is 19.0. The standard InChI is InChI=1S/C23H24F4N4O2/c1-15-13-30(19-7-4-17(24)5-8-19)9-10-31(15)14-22(2,33)21(32)29-18-6-3-16(12-28)20(11-18)23(25,26)27/h3-8,11,15,33H,9-10,13-14H2,1-2H3,(H,29,32)/t15-,22?/m0/s1. The van der Waals surface area contributed by atoms with E-state index in [0.717, 1.165) is 11.8 Å². The first-order chi connectivity index (χ1) is 15.4. The molecule has 0 bridgehead atoms. The number of anilines is 2. The van der Waals surface area contributed by atoms with Gasteiger partial charge >= 0.3 is 6.18 Å². The summed E-state index contributed by atoms with van der Waals surface area (Å²) in [5.41, 5.74) is -2.89. The van der Waals surface area contributed by atoms with Crippen LogP contribution in [-0.4, -0.2) is 53.7 Å². The number of alkyl halides is 3. The monoisotopic (exact) mass is 464 g/mol. The van der Waals surface area contributed by atoms with Gasteiger partial charge in [0.25, 0.3) is 5.91 Å². The van der Waals surface area contributed by atoms with Crippen LogP contribution in [0.25, 0.3) is 0 Å². The van der Waals surface area contributed by atoms with Gasteiger partial charge in [-0.05, 0) is 56.3 Å². The van der Waals surface area contributed by atoms with Crippen LogP contribution in [0.5, 0.6) is 0 Å². The number of hydrogen-bond acceptors (Lipinski definition) is 5. The highest BCUT2D eigenvalue weighted by Gasteiger charge is 2.37. The molecule has 3 rings (SSSR count). The molecule has 2 N–H and O–H groups in total. The summed E-state index contributed by atoms with van der Waals surface area (Å²) in [4.78, 5) is 16.7. The maximum Gasteiger partial charge on any atom is 0.417 e. The Hall–Kier alpha value is -3.16. The van der Waals surface area contributed by atoms with E-state index in [2.05, 4.69) is 10.2 Å². The second kappa shape index (κ2) is 9.37. The van der Waals surface area contributed by atoms with Crippen molar-refractivity contribution >= 4 is 17.3 Å². The molecule has 1 amide bonds. The van der Waals surface area contributed by atoms with E-state index in [-0.39, 0.29) is 24.1 Å². The van der Waals surface area contributed by atoms with E-state index < -0.39 is 28.8 Å². The van der Waals surface area contributed by atoms with E-state index >= 15 is 0 Å². The van der Waals surface area contributed by atoms with Crippen LogP contribution in [0.3, 0.4) is 0 Å². The lowest BCUT2D eigenvalue weighted by Gasteiger charge is -2.43. The average molecular weight is 464 g/mol. The van der Waals surface area contributed by atoms with Crippen molar-refractivity contribution in [2.45, 2.75) is 31.7 Å². The number of benzene rings is 2. The third-order valence-corrected chi connectivity index (χ3v) is 5.66. The number of hydrogen-bond donors (Lipinski definition) is 2. The van der Waals surface area contributed by atoms with Crippen molar-refractivity contribution in [1.29, 1.82) is 5.26 Å². The third kappa shape index (κ3) is 5.80. The third-order valence-electron chi connectivity index (χ3n) is 5.66. The summed E-state index contributed by atoms with van der Waals surface area (Å²) in [6.07, 6.45) is -4.76. The van der Waals surface area contributed by atoms with Gasteiger partial charge in [-0.15, -0.1) is 0 Å². The molecule has 1 aliphatic rings. The van der Waals surface area contributed by atoms with Gasteiger partial charge in [0, 0.05) is 43.6 Å². The van der Waals surface area contributed by atoms with Crippen LogP contribution in [-0.2, 0) is 11.0 Å². The van der Waals surface area contributed by atoms with E-state index in [1.807, 2.05) is 11.8 Å². The summed E-state index contributed by atoms with van der Waals surface area (Å²) in [6, 6.07) is 10.4. The van der Waals surface area contributed by atoms with Crippen molar-refractivity contribution in [1.82, 2.24) is 4.90 Å². The van der Waals surface area contributed by atoms with E-state index in [4.69, 9.17) is 5.26 Å². The highest BCUT2D eigenvalue weighted by molar-refractivity contribution is 5.97. The number of rotatable bonds is 5. The van der Waals surface area contributed by atoms with Crippen molar-refractivity contribution in [2.24, 2.45) is 0 Å². The van der Waals surface area contributed by atoms with Crippen LogP contribution in [0, 0.1) is 17.1 Å². The molecule has 2 atom stereocenters. The fourth-order valence-electron chi connectivity index (χ4n) is 3.80. The Kier molecular flexibility index (Phi) is 6.95. The summed E-state index contributed by atoms with van der Waals surface area (Å²) < 4.78 is 52.7. The molecule has 176 valence electrons. The molecule has 1 fully saturated rings. The first kappa shape index (κ1) is 24.5. The molecule has 2 aromatic carbocycles. The number of nitrogens with one attached hydrogen (secondary N) is 1. The van der Waals surface area contributed by atoms with Crippen LogP contribution in [0.15, 0.2) is 42.5 Å². The Labute approximate surface area is 189 Å². The zero-order valence-electron chi connectivity index (χ0n) is 18.2. The SMILES string of the molecule is C[C@H]1CN(c2ccc(F)cc2)CCN1CC(C)(O)C(=O)Nc1ccc(C#N)c(C(F)(F)F)c1. The van der Waals surface area contributed by atoms with E-state index in [1.165, 1.54) is 31.2 Å². The average Bonchev–Trinajstić information content (AvgIpc) is 2.75. The van der Waals surface area contributed by atoms with Crippen molar-refractivity contribution in [2.75, 3.05) is 36.4 Å². The fourth-order valence-corrected chi connectivity index (χ4v) is 3.80. The number of carbonyl (C=O) groups is 1. The van der Waals surface area contributed by atoms with Crippen LogP contribution in [0.2, 0.25) is 0 Å². The van der Waals surface area contributed by atoms with Crippen LogP contribution in [0.1, 0.15) is 25.0 Å². The first-order valence-corrected chi connectivity index (χ1v) is 10.3. The summed E-state index contributed by atoms with van der Waals surface area (Å²) in [7, 11) is 0. The van der Waals surface area contributed by atoms with Gasteiger partial charge in [0.2, 0.25) is 0 Å². The molecule has 33 heavy (non-hydrogen) atoms. The number of nitrogens with zero attached hydrogens (tertiary/aromatic N) is 3. The molecule has 1 aliphatic heterocycles.